The molecule has 2 heterocycles. The molecule has 88 valence electrons. The molecule has 1 unspecified atom stereocenters. The smallest absolute Gasteiger partial charge is 0.311 e. The number of carboxylic acids is 1. The van der Waals surface area contributed by atoms with Crippen molar-refractivity contribution in [2.24, 2.45) is 5.41 Å². The lowest BCUT2D eigenvalue weighted by Crippen LogP contribution is -2.31. The summed E-state index contributed by atoms with van der Waals surface area (Å²) in [6, 6.07) is 5.47. The molecule has 1 saturated heterocycles. The third-order valence-corrected chi connectivity index (χ3v) is 3.21. The summed E-state index contributed by atoms with van der Waals surface area (Å²) in [4.78, 5) is 17.0. The number of hydrogen-bond acceptors (Lipinski definition) is 4. The van der Waals surface area contributed by atoms with Gasteiger partial charge in [0.25, 0.3) is 0 Å². The van der Waals surface area contributed by atoms with Gasteiger partial charge in [0.05, 0.1) is 5.41 Å². The van der Waals surface area contributed by atoms with Crippen molar-refractivity contribution >= 4 is 11.7 Å². The number of carbonyl (C=O) groups is 1. The maximum atomic E-state index is 11.1. The molecule has 1 aliphatic heterocycles. The van der Waals surface area contributed by atoms with Crippen LogP contribution in [0.3, 0.4) is 0 Å². The summed E-state index contributed by atoms with van der Waals surface area (Å²) < 4.78 is 0. The van der Waals surface area contributed by atoms with Crippen LogP contribution in [-0.4, -0.2) is 29.1 Å². The van der Waals surface area contributed by atoms with Crippen molar-refractivity contribution in [3.63, 3.8) is 0 Å². The first-order valence-corrected chi connectivity index (χ1v) is 5.40. The number of nitrogens with zero attached hydrogens (tertiary/aromatic N) is 3. The van der Waals surface area contributed by atoms with Gasteiger partial charge in [0, 0.05) is 25.0 Å². The van der Waals surface area contributed by atoms with Gasteiger partial charge in [-0.05, 0) is 25.5 Å². The van der Waals surface area contributed by atoms with Gasteiger partial charge in [0.15, 0.2) is 0 Å². The van der Waals surface area contributed by atoms with E-state index in [1.165, 1.54) is 0 Å². The van der Waals surface area contributed by atoms with Gasteiger partial charge >= 0.3 is 5.97 Å². The fraction of sp³-hybridized carbons (Fsp3) is 0.417. The van der Waals surface area contributed by atoms with Crippen LogP contribution in [0.4, 0.5) is 5.69 Å². The van der Waals surface area contributed by atoms with Crippen LogP contribution in [0.2, 0.25) is 0 Å². The zero-order valence-corrected chi connectivity index (χ0v) is 9.55. The van der Waals surface area contributed by atoms with Crippen LogP contribution in [0.1, 0.15) is 19.0 Å². The van der Waals surface area contributed by atoms with Crippen molar-refractivity contribution in [1.29, 1.82) is 5.26 Å². The molecule has 0 aliphatic carbocycles. The lowest BCUT2D eigenvalue weighted by atomic mass is 9.90. The maximum absolute atomic E-state index is 11.1. The van der Waals surface area contributed by atoms with Crippen LogP contribution in [-0.2, 0) is 4.79 Å². The third-order valence-electron chi connectivity index (χ3n) is 3.21. The lowest BCUT2D eigenvalue weighted by molar-refractivity contribution is -0.146. The van der Waals surface area contributed by atoms with Crippen molar-refractivity contribution < 1.29 is 9.90 Å². The molecular formula is C12H13N3O2. The minimum absolute atomic E-state index is 0.353. The molecule has 0 saturated carbocycles. The molecule has 0 radical (unpaired) electrons. The Labute approximate surface area is 99.3 Å². The SMILES string of the molecule is CC1(C(=O)O)CCN(c2ccnc(C#N)c2)C1. The van der Waals surface area contributed by atoms with E-state index in [0.29, 0.717) is 25.2 Å². The highest BCUT2D eigenvalue weighted by Crippen LogP contribution is 2.33. The summed E-state index contributed by atoms with van der Waals surface area (Å²) in [5, 5.41) is 17.9. The van der Waals surface area contributed by atoms with Crippen molar-refractivity contribution in [3.8, 4) is 6.07 Å². The highest BCUT2D eigenvalue weighted by molar-refractivity contribution is 5.76. The standard InChI is InChI=1S/C12H13N3O2/c1-12(11(16)17)3-5-15(8-12)10-2-4-14-9(6-10)7-13/h2,4,6H,3,5,8H2,1H3,(H,16,17). The number of nitriles is 1. The van der Waals surface area contributed by atoms with Crippen molar-refractivity contribution in [2.75, 3.05) is 18.0 Å². The monoisotopic (exact) mass is 231 g/mol. The number of aromatic nitrogens is 1. The van der Waals surface area contributed by atoms with Gasteiger partial charge < -0.3 is 10.0 Å². The molecule has 0 amide bonds. The highest BCUT2D eigenvalue weighted by Gasteiger charge is 2.40. The van der Waals surface area contributed by atoms with Crippen LogP contribution < -0.4 is 4.90 Å². The van der Waals surface area contributed by atoms with Crippen molar-refractivity contribution in [1.82, 2.24) is 4.98 Å². The first-order chi connectivity index (χ1) is 8.05. The average molecular weight is 231 g/mol. The van der Waals surface area contributed by atoms with Gasteiger partial charge in [0.2, 0.25) is 0 Å². The fourth-order valence-electron chi connectivity index (χ4n) is 2.03. The predicted octanol–water partition coefficient (Wildman–Crippen LogP) is 1.25. The Balaban J connectivity index is 2.21. The first-order valence-electron chi connectivity index (χ1n) is 5.40. The third kappa shape index (κ3) is 2.07. The van der Waals surface area contributed by atoms with E-state index in [0.717, 1.165) is 5.69 Å². The van der Waals surface area contributed by atoms with Crippen LogP contribution in [0.5, 0.6) is 0 Å². The Morgan fingerprint density at radius 1 is 1.71 bits per heavy atom. The van der Waals surface area contributed by atoms with E-state index in [1.807, 2.05) is 11.0 Å². The zero-order chi connectivity index (χ0) is 12.5. The van der Waals surface area contributed by atoms with E-state index in [1.54, 1.807) is 25.3 Å². The van der Waals surface area contributed by atoms with E-state index in [9.17, 15) is 4.79 Å². The lowest BCUT2D eigenvalue weighted by Gasteiger charge is -2.21. The molecule has 1 aliphatic rings. The topological polar surface area (TPSA) is 77.2 Å². The molecular weight excluding hydrogens is 218 g/mol. The van der Waals surface area contributed by atoms with Crippen LogP contribution in [0, 0.1) is 16.7 Å². The van der Waals surface area contributed by atoms with Gasteiger partial charge in [-0.3, -0.25) is 4.79 Å². The predicted molar refractivity (Wildman–Crippen MR) is 61.5 cm³/mol. The molecule has 17 heavy (non-hydrogen) atoms. The molecule has 1 N–H and O–H groups in total. The molecule has 5 heteroatoms. The second-order valence-electron chi connectivity index (χ2n) is 4.55. The number of rotatable bonds is 2. The molecule has 1 aromatic rings. The summed E-state index contributed by atoms with van der Waals surface area (Å²) in [7, 11) is 0. The number of aliphatic carboxylic acids is 1. The van der Waals surface area contributed by atoms with E-state index in [-0.39, 0.29) is 0 Å². The highest BCUT2D eigenvalue weighted by atomic mass is 16.4. The molecule has 0 bridgehead atoms. The van der Waals surface area contributed by atoms with Crippen molar-refractivity contribution in [2.45, 2.75) is 13.3 Å². The second-order valence-corrected chi connectivity index (χ2v) is 4.55. The molecule has 1 atom stereocenters. The number of carboxylic acid groups (broad SMARTS) is 1. The van der Waals surface area contributed by atoms with Crippen LogP contribution in [0.25, 0.3) is 0 Å². The molecule has 0 aromatic carbocycles. The van der Waals surface area contributed by atoms with E-state index in [2.05, 4.69) is 4.98 Å². The summed E-state index contributed by atoms with van der Waals surface area (Å²) in [5.74, 6) is -0.769. The summed E-state index contributed by atoms with van der Waals surface area (Å²) in [6.45, 7) is 2.91. The zero-order valence-electron chi connectivity index (χ0n) is 9.55. The summed E-state index contributed by atoms with van der Waals surface area (Å²) in [6.07, 6.45) is 2.19. The normalized spacial score (nSPS) is 23.4. The maximum Gasteiger partial charge on any atom is 0.311 e. The van der Waals surface area contributed by atoms with Gasteiger partial charge in [-0.15, -0.1) is 0 Å². The first kappa shape index (κ1) is 11.4. The number of anilines is 1. The fourth-order valence-corrected chi connectivity index (χ4v) is 2.03. The van der Waals surface area contributed by atoms with Gasteiger partial charge in [0.1, 0.15) is 11.8 Å². The Morgan fingerprint density at radius 3 is 3.06 bits per heavy atom. The van der Waals surface area contributed by atoms with E-state index in [4.69, 9.17) is 10.4 Å². The summed E-state index contributed by atoms with van der Waals surface area (Å²) >= 11 is 0. The quantitative estimate of drug-likeness (QED) is 0.829. The molecule has 1 fully saturated rings. The minimum atomic E-state index is -0.769. The molecule has 1 aromatic heterocycles. The Kier molecular flexibility index (Phi) is 2.72. The number of pyridine rings is 1. The molecule has 0 spiro atoms. The largest absolute Gasteiger partial charge is 0.481 e. The van der Waals surface area contributed by atoms with Crippen LogP contribution >= 0.6 is 0 Å². The van der Waals surface area contributed by atoms with Crippen LogP contribution in [0.15, 0.2) is 18.3 Å². The minimum Gasteiger partial charge on any atom is -0.481 e. The average Bonchev–Trinajstić information content (AvgIpc) is 2.74. The van der Waals surface area contributed by atoms with Gasteiger partial charge in [-0.1, -0.05) is 0 Å². The van der Waals surface area contributed by atoms with Crippen molar-refractivity contribution in [3.05, 3.63) is 24.0 Å². The Bertz CT molecular complexity index is 495. The molecule has 5 nitrogen and oxygen atoms in total. The summed E-state index contributed by atoms with van der Waals surface area (Å²) in [5.41, 5.74) is 0.517. The molecule has 2 rings (SSSR count). The number of hydrogen-bond donors (Lipinski definition) is 1. The van der Waals surface area contributed by atoms with E-state index >= 15 is 0 Å². The van der Waals surface area contributed by atoms with Gasteiger partial charge in [-0.25, -0.2) is 4.98 Å². The second kappa shape index (κ2) is 4.06. The Hall–Kier alpha value is -2.09. The van der Waals surface area contributed by atoms with Gasteiger partial charge in [-0.2, -0.15) is 5.26 Å². The Morgan fingerprint density at radius 2 is 2.47 bits per heavy atom. The van der Waals surface area contributed by atoms with E-state index < -0.39 is 11.4 Å².